The largest absolute Gasteiger partial charge is 0.490 e. The van der Waals surface area contributed by atoms with Crippen molar-refractivity contribution in [2.24, 2.45) is 0 Å². The molecule has 1 unspecified atom stereocenters. The van der Waals surface area contributed by atoms with E-state index in [2.05, 4.69) is 6.92 Å². The van der Waals surface area contributed by atoms with Crippen LogP contribution in [-0.2, 0) is 11.3 Å². The maximum atomic E-state index is 13.4. The van der Waals surface area contributed by atoms with E-state index in [9.17, 15) is 4.79 Å². The van der Waals surface area contributed by atoms with Crippen molar-refractivity contribution in [2.75, 3.05) is 19.8 Å². The standard InChI is InChI=1S/C24H28Cl3NO3/c1-2-3-4-11-31-23-21(26)13-18(14-22(23)27)24(29)28(16-20-6-5-12-30-20)15-17-7-9-19(25)10-8-17/h7-10,13-14,20H,2-6,11-12,15-16H2,1H3. The molecular formula is C24H28Cl3NO3. The molecule has 7 heteroatoms. The highest BCUT2D eigenvalue weighted by molar-refractivity contribution is 6.37. The van der Waals surface area contributed by atoms with Gasteiger partial charge in [0.15, 0.2) is 5.75 Å². The summed E-state index contributed by atoms with van der Waals surface area (Å²) < 4.78 is 11.5. The molecule has 1 aliphatic rings. The van der Waals surface area contributed by atoms with Crippen LogP contribution in [0.3, 0.4) is 0 Å². The third kappa shape index (κ3) is 7.01. The first-order valence-corrected chi connectivity index (χ1v) is 11.9. The summed E-state index contributed by atoms with van der Waals surface area (Å²) in [6, 6.07) is 10.8. The minimum Gasteiger partial charge on any atom is -0.490 e. The highest BCUT2D eigenvalue weighted by Crippen LogP contribution is 2.35. The Hall–Kier alpha value is -1.46. The number of amides is 1. The summed E-state index contributed by atoms with van der Waals surface area (Å²) in [5.41, 5.74) is 1.42. The normalized spacial score (nSPS) is 15.8. The Morgan fingerprint density at radius 3 is 2.45 bits per heavy atom. The number of hydrogen-bond donors (Lipinski definition) is 0. The van der Waals surface area contributed by atoms with Gasteiger partial charge >= 0.3 is 0 Å². The summed E-state index contributed by atoms with van der Waals surface area (Å²) in [6.07, 6.45) is 5.09. The van der Waals surface area contributed by atoms with Crippen LogP contribution in [0.2, 0.25) is 15.1 Å². The Kier molecular flexibility index (Phi) is 9.33. The first-order valence-electron chi connectivity index (χ1n) is 10.7. The second-order valence-electron chi connectivity index (χ2n) is 7.77. The van der Waals surface area contributed by atoms with Gasteiger partial charge in [-0.3, -0.25) is 4.79 Å². The molecule has 2 aromatic rings. The average molecular weight is 485 g/mol. The number of rotatable bonds is 10. The Morgan fingerprint density at radius 1 is 1.13 bits per heavy atom. The minimum absolute atomic E-state index is 0.0309. The zero-order valence-corrected chi connectivity index (χ0v) is 20.0. The molecule has 168 valence electrons. The van der Waals surface area contributed by atoms with Crippen LogP contribution < -0.4 is 4.74 Å². The molecule has 1 fully saturated rings. The van der Waals surface area contributed by atoms with Gasteiger partial charge in [-0.25, -0.2) is 0 Å². The molecule has 0 saturated carbocycles. The number of hydrogen-bond acceptors (Lipinski definition) is 3. The quantitative estimate of drug-likeness (QED) is 0.340. The van der Waals surface area contributed by atoms with Gasteiger partial charge in [-0.05, 0) is 49.1 Å². The van der Waals surface area contributed by atoms with E-state index in [0.29, 0.717) is 46.1 Å². The van der Waals surface area contributed by atoms with Crippen molar-refractivity contribution in [3.05, 3.63) is 62.6 Å². The number of halogens is 3. The predicted octanol–water partition coefficient (Wildman–Crippen LogP) is 7.04. The lowest BCUT2D eigenvalue weighted by Gasteiger charge is -2.26. The first-order chi connectivity index (χ1) is 15.0. The second kappa shape index (κ2) is 12.0. The number of benzene rings is 2. The van der Waals surface area contributed by atoms with Crippen molar-refractivity contribution >= 4 is 40.7 Å². The van der Waals surface area contributed by atoms with Crippen LogP contribution in [0.5, 0.6) is 5.75 Å². The fraction of sp³-hybridized carbons (Fsp3) is 0.458. The fourth-order valence-electron chi connectivity index (χ4n) is 3.59. The zero-order chi connectivity index (χ0) is 22.2. The molecular weight excluding hydrogens is 457 g/mol. The summed E-state index contributed by atoms with van der Waals surface area (Å²) in [7, 11) is 0. The van der Waals surface area contributed by atoms with Crippen molar-refractivity contribution < 1.29 is 14.3 Å². The molecule has 1 heterocycles. The topological polar surface area (TPSA) is 38.8 Å². The van der Waals surface area contributed by atoms with E-state index < -0.39 is 0 Å². The molecule has 0 spiro atoms. The third-order valence-corrected chi connectivity index (χ3v) is 6.07. The number of unbranched alkanes of at least 4 members (excludes halogenated alkanes) is 2. The molecule has 0 bridgehead atoms. The van der Waals surface area contributed by atoms with E-state index >= 15 is 0 Å². The summed E-state index contributed by atoms with van der Waals surface area (Å²) in [5, 5.41) is 1.35. The fourth-order valence-corrected chi connectivity index (χ4v) is 4.32. The Labute approximate surface area is 199 Å². The van der Waals surface area contributed by atoms with Gasteiger partial charge in [0, 0.05) is 30.3 Å². The molecule has 1 aliphatic heterocycles. The van der Waals surface area contributed by atoms with Gasteiger partial charge in [0.05, 0.1) is 22.8 Å². The molecule has 0 N–H and O–H groups in total. The molecule has 1 saturated heterocycles. The SMILES string of the molecule is CCCCCOc1c(Cl)cc(C(=O)N(Cc2ccc(Cl)cc2)CC2CCCO2)cc1Cl. The molecule has 0 aromatic heterocycles. The second-order valence-corrected chi connectivity index (χ2v) is 9.02. The highest BCUT2D eigenvalue weighted by Gasteiger charge is 2.25. The van der Waals surface area contributed by atoms with Crippen molar-refractivity contribution in [3.8, 4) is 5.75 Å². The van der Waals surface area contributed by atoms with Gasteiger partial charge in [-0.2, -0.15) is 0 Å². The zero-order valence-electron chi connectivity index (χ0n) is 17.7. The van der Waals surface area contributed by atoms with Crippen LogP contribution in [0.1, 0.15) is 54.9 Å². The lowest BCUT2D eigenvalue weighted by Crippen LogP contribution is -2.37. The van der Waals surface area contributed by atoms with Crippen LogP contribution in [-0.4, -0.2) is 36.7 Å². The lowest BCUT2D eigenvalue weighted by molar-refractivity contribution is 0.0507. The van der Waals surface area contributed by atoms with Crippen LogP contribution in [0, 0.1) is 0 Å². The number of carbonyl (C=O) groups is 1. The van der Waals surface area contributed by atoms with Crippen molar-refractivity contribution in [2.45, 2.75) is 51.7 Å². The van der Waals surface area contributed by atoms with Crippen molar-refractivity contribution in [3.63, 3.8) is 0 Å². The maximum absolute atomic E-state index is 13.4. The minimum atomic E-state index is -0.146. The summed E-state index contributed by atoms with van der Waals surface area (Å²) >= 11 is 18.9. The molecule has 2 aromatic carbocycles. The first kappa shape index (κ1) is 24.2. The Bertz CT molecular complexity index is 844. The van der Waals surface area contributed by atoms with E-state index in [-0.39, 0.29) is 12.0 Å². The predicted molar refractivity (Wildman–Crippen MR) is 127 cm³/mol. The van der Waals surface area contributed by atoms with E-state index in [0.717, 1.165) is 44.3 Å². The smallest absolute Gasteiger partial charge is 0.254 e. The lowest BCUT2D eigenvalue weighted by atomic mass is 10.1. The molecule has 0 aliphatic carbocycles. The van der Waals surface area contributed by atoms with Gasteiger partial charge in [0.25, 0.3) is 5.91 Å². The van der Waals surface area contributed by atoms with Crippen LogP contribution in [0.15, 0.2) is 36.4 Å². The van der Waals surface area contributed by atoms with Crippen LogP contribution in [0.4, 0.5) is 0 Å². The van der Waals surface area contributed by atoms with Crippen molar-refractivity contribution in [1.82, 2.24) is 4.90 Å². The summed E-state index contributed by atoms with van der Waals surface area (Å²) in [6.45, 7) is 4.36. The molecule has 1 amide bonds. The molecule has 4 nitrogen and oxygen atoms in total. The van der Waals surface area contributed by atoms with Gasteiger partial charge < -0.3 is 14.4 Å². The summed E-state index contributed by atoms with van der Waals surface area (Å²) in [5.74, 6) is 0.283. The van der Waals surface area contributed by atoms with Gasteiger partial charge in [-0.15, -0.1) is 0 Å². The Morgan fingerprint density at radius 2 is 1.84 bits per heavy atom. The monoisotopic (exact) mass is 483 g/mol. The van der Waals surface area contributed by atoms with Crippen LogP contribution in [0.25, 0.3) is 0 Å². The molecule has 31 heavy (non-hydrogen) atoms. The van der Waals surface area contributed by atoms with Gasteiger partial charge in [-0.1, -0.05) is 66.7 Å². The van der Waals surface area contributed by atoms with Gasteiger partial charge in [0.2, 0.25) is 0 Å². The molecule has 3 rings (SSSR count). The number of carbonyl (C=O) groups excluding carboxylic acids is 1. The number of nitrogens with zero attached hydrogens (tertiary/aromatic N) is 1. The third-order valence-electron chi connectivity index (χ3n) is 5.26. The summed E-state index contributed by atoms with van der Waals surface area (Å²) in [4.78, 5) is 15.2. The van der Waals surface area contributed by atoms with Crippen LogP contribution >= 0.6 is 34.8 Å². The molecule has 1 atom stereocenters. The van der Waals surface area contributed by atoms with E-state index in [1.54, 1.807) is 17.0 Å². The Balaban J connectivity index is 1.77. The van der Waals surface area contributed by atoms with E-state index in [1.165, 1.54) is 0 Å². The maximum Gasteiger partial charge on any atom is 0.254 e. The number of ether oxygens (including phenoxy) is 2. The van der Waals surface area contributed by atoms with E-state index in [1.807, 2.05) is 24.3 Å². The molecule has 0 radical (unpaired) electrons. The van der Waals surface area contributed by atoms with E-state index in [4.69, 9.17) is 44.3 Å². The highest BCUT2D eigenvalue weighted by atomic mass is 35.5. The van der Waals surface area contributed by atoms with Crippen molar-refractivity contribution in [1.29, 1.82) is 0 Å². The average Bonchev–Trinajstić information content (AvgIpc) is 3.26. The van der Waals surface area contributed by atoms with Gasteiger partial charge in [0.1, 0.15) is 0 Å².